The molecule has 1 aliphatic carbocycles. The average Bonchev–Trinajstić information content (AvgIpc) is 2.74. The standard InChI is InChI=1S/C12H15ClFN.ClH/c13-10-7-3-6-9(11(10)14)12(15)8-4-1-2-5-8;/h3,6-8,12H,1-2,4-5,15H2;1H/t12-;/m1./s1. The van der Waals surface area contributed by atoms with Gasteiger partial charge in [0.2, 0.25) is 0 Å². The van der Waals surface area contributed by atoms with Crippen molar-refractivity contribution in [3.8, 4) is 0 Å². The largest absolute Gasteiger partial charge is 0.324 e. The summed E-state index contributed by atoms with van der Waals surface area (Å²) in [5, 5.41) is 0.168. The van der Waals surface area contributed by atoms with Crippen LogP contribution in [0.3, 0.4) is 0 Å². The minimum atomic E-state index is -0.349. The van der Waals surface area contributed by atoms with Crippen LogP contribution in [0.1, 0.15) is 37.3 Å². The molecule has 1 nitrogen and oxygen atoms in total. The summed E-state index contributed by atoms with van der Waals surface area (Å²) in [7, 11) is 0. The molecule has 90 valence electrons. The number of hydrogen-bond donors (Lipinski definition) is 1. The topological polar surface area (TPSA) is 26.0 Å². The van der Waals surface area contributed by atoms with E-state index in [4.69, 9.17) is 17.3 Å². The Morgan fingerprint density at radius 2 is 1.94 bits per heavy atom. The number of rotatable bonds is 2. The molecule has 0 bridgehead atoms. The van der Waals surface area contributed by atoms with Gasteiger partial charge in [0, 0.05) is 11.6 Å². The highest BCUT2D eigenvalue weighted by atomic mass is 35.5. The van der Waals surface area contributed by atoms with Gasteiger partial charge in [0.05, 0.1) is 5.02 Å². The van der Waals surface area contributed by atoms with E-state index in [-0.39, 0.29) is 29.3 Å². The lowest BCUT2D eigenvalue weighted by Crippen LogP contribution is -2.20. The van der Waals surface area contributed by atoms with Crippen molar-refractivity contribution >= 4 is 24.0 Å². The van der Waals surface area contributed by atoms with E-state index in [0.29, 0.717) is 11.5 Å². The summed E-state index contributed by atoms with van der Waals surface area (Å²) in [6, 6.07) is 4.85. The fraction of sp³-hybridized carbons (Fsp3) is 0.500. The molecule has 0 saturated heterocycles. The van der Waals surface area contributed by atoms with Crippen molar-refractivity contribution in [2.24, 2.45) is 11.7 Å². The van der Waals surface area contributed by atoms with Gasteiger partial charge in [-0.25, -0.2) is 4.39 Å². The lowest BCUT2D eigenvalue weighted by molar-refractivity contribution is 0.429. The molecule has 0 spiro atoms. The third kappa shape index (κ3) is 2.68. The predicted molar refractivity (Wildman–Crippen MR) is 67.5 cm³/mol. The van der Waals surface area contributed by atoms with Gasteiger partial charge >= 0.3 is 0 Å². The normalized spacial score (nSPS) is 18.2. The van der Waals surface area contributed by atoms with Crippen LogP contribution in [0.4, 0.5) is 4.39 Å². The van der Waals surface area contributed by atoms with Gasteiger partial charge in [-0.15, -0.1) is 12.4 Å². The van der Waals surface area contributed by atoms with Crippen LogP contribution in [0, 0.1) is 11.7 Å². The van der Waals surface area contributed by atoms with Crippen LogP contribution >= 0.6 is 24.0 Å². The highest BCUT2D eigenvalue weighted by Crippen LogP contribution is 2.35. The molecular weight excluding hydrogens is 248 g/mol. The van der Waals surface area contributed by atoms with Crippen molar-refractivity contribution in [1.29, 1.82) is 0 Å². The first kappa shape index (κ1) is 13.8. The van der Waals surface area contributed by atoms with E-state index >= 15 is 0 Å². The van der Waals surface area contributed by atoms with Gasteiger partial charge in [-0.05, 0) is 24.8 Å². The molecule has 0 unspecified atom stereocenters. The molecule has 2 N–H and O–H groups in total. The molecule has 0 amide bonds. The van der Waals surface area contributed by atoms with E-state index in [0.717, 1.165) is 12.8 Å². The van der Waals surface area contributed by atoms with E-state index < -0.39 is 0 Å². The second-order valence-corrected chi connectivity index (χ2v) is 4.62. The predicted octanol–water partition coefficient (Wildman–Crippen LogP) is 4.09. The number of hydrogen-bond acceptors (Lipinski definition) is 1. The van der Waals surface area contributed by atoms with Gasteiger partial charge in [0.1, 0.15) is 5.82 Å². The maximum atomic E-state index is 13.7. The van der Waals surface area contributed by atoms with Gasteiger partial charge < -0.3 is 5.73 Å². The Bertz CT molecular complexity index is 351. The maximum absolute atomic E-state index is 13.7. The molecule has 0 aliphatic heterocycles. The molecule has 0 aromatic heterocycles. The Kier molecular flexibility index (Phi) is 5.03. The molecule has 1 aliphatic rings. The average molecular weight is 264 g/mol. The molecule has 1 atom stereocenters. The summed E-state index contributed by atoms with van der Waals surface area (Å²) < 4.78 is 13.7. The third-order valence-corrected chi connectivity index (χ3v) is 3.54. The van der Waals surface area contributed by atoms with Crippen molar-refractivity contribution in [3.63, 3.8) is 0 Å². The molecule has 1 aromatic carbocycles. The number of nitrogens with two attached hydrogens (primary N) is 1. The maximum Gasteiger partial charge on any atom is 0.146 e. The summed E-state index contributed by atoms with van der Waals surface area (Å²) in [5.41, 5.74) is 6.64. The lowest BCUT2D eigenvalue weighted by Gasteiger charge is -2.19. The Hall–Kier alpha value is -0.310. The molecule has 1 saturated carbocycles. The summed E-state index contributed by atoms with van der Waals surface area (Å²) in [6.07, 6.45) is 4.63. The molecule has 0 heterocycles. The molecular formula is C12H16Cl2FN. The fourth-order valence-corrected chi connectivity index (χ4v) is 2.53. The summed E-state index contributed by atoms with van der Waals surface area (Å²) in [6.45, 7) is 0. The van der Waals surface area contributed by atoms with Crippen LogP contribution in [0.15, 0.2) is 18.2 Å². The minimum absolute atomic E-state index is 0. The van der Waals surface area contributed by atoms with E-state index in [1.807, 2.05) is 0 Å². The fourth-order valence-electron chi connectivity index (χ4n) is 2.35. The van der Waals surface area contributed by atoms with Gasteiger partial charge in [-0.2, -0.15) is 0 Å². The van der Waals surface area contributed by atoms with Crippen molar-refractivity contribution in [2.45, 2.75) is 31.7 Å². The first-order valence-electron chi connectivity index (χ1n) is 5.39. The van der Waals surface area contributed by atoms with E-state index in [2.05, 4.69) is 0 Å². The second-order valence-electron chi connectivity index (χ2n) is 4.21. The van der Waals surface area contributed by atoms with Gasteiger partial charge in [-0.1, -0.05) is 36.6 Å². The Morgan fingerprint density at radius 3 is 2.56 bits per heavy atom. The van der Waals surface area contributed by atoms with Crippen LogP contribution in [0.5, 0.6) is 0 Å². The second kappa shape index (κ2) is 5.85. The van der Waals surface area contributed by atoms with Crippen LogP contribution in [0.2, 0.25) is 5.02 Å². The van der Waals surface area contributed by atoms with Crippen LogP contribution in [-0.4, -0.2) is 0 Å². The van der Waals surface area contributed by atoms with Crippen molar-refractivity contribution < 1.29 is 4.39 Å². The summed E-state index contributed by atoms with van der Waals surface area (Å²) in [5.74, 6) is 0.0662. The van der Waals surface area contributed by atoms with Crippen molar-refractivity contribution in [1.82, 2.24) is 0 Å². The highest BCUT2D eigenvalue weighted by Gasteiger charge is 2.25. The highest BCUT2D eigenvalue weighted by molar-refractivity contribution is 6.30. The zero-order valence-electron chi connectivity index (χ0n) is 8.96. The van der Waals surface area contributed by atoms with E-state index in [9.17, 15) is 4.39 Å². The van der Waals surface area contributed by atoms with E-state index in [1.165, 1.54) is 12.8 Å². The SMILES string of the molecule is Cl.N[C@@H](c1cccc(Cl)c1F)C1CCCC1. The van der Waals surface area contributed by atoms with Crippen LogP contribution < -0.4 is 5.73 Å². The van der Waals surface area contributed by atoms with E-state index in [1.54, 1.807) is 18.2 Å². The molecule has 1 aromatic rings. The quantitative estimate of drug-likeness (QED) is 0.855. The molecule has 2 rings (SSSR count). The zero-order chi connectivity index (χ0) is 10.8. The smallest absolute Gasteiger partial charge is 0.146 e. The molecule has 16 heavy (non-hydrogen) atoms. The first-order chi connectivity index (χ1) is 7.20. The molecule has 0 radical (unpaired) electrons. The van der Waals surface area contributed by atoms with Crippen LogP contribution in [-0.2, 0) is 0 Å². The van der Waals surface area contributed by atoms with Crippen LogP contribution in [0.25, 0.3) is 0 Å². The van der Waals surface area contributed by atoms with Gasteiger partial charge in [-0.3, -0.25) is 0 Å². The minimum Gasteiger partial charge on any atom is -0.324 e. The Morgan fingerprint density at radius 1 is 1.31 bits per heavy atom. The number of halogens is 3. The Labute approximate surface area is 107 Å². The number of benzene rings is 1. The van der Waals surface area contributed by atoms with Gasteiger partial charge in [0.15, 0.2) is 0 Å². The van der Waals surface area contributed by atoms with Gasteiger partial charge in [0.25, 0.3) is 0 Å². The summed E-state index contributed by atoms with van der Waals surface area (Å²) in [4.78, 5) is 0. The zero-order valence-corrected chi connectivity index (χ0v) is 10.5. The first-order valence-corrected chi connectivity index (χ1v) is 5.77. The monoisotopic (exact) mass is 263 g/mol. The van der Waals surface area contributed by atoms with Crippen molar-refractivity contribution in [3.05, 3.63) is 34.6 Å². The van der Waals surface area contributed by atoms with Crippen molar-refractivity contribution in [2.75, 3.05) is 0 Å². The Balaban J connectivity index is 0.00000128. The third-order valence-electron chi connectivity index (χ3n) is 3.25. The molecule has 4 heteroatoms. The lowest BCUT2D eigenvalue weighted by atomic mass is 9.92. The summed E-state index contributed by atoms with van der Waals surface area (Å²) >= 11 is 5.73. The molecule has 1 fully saturated rings.